The van der Waals surface area contributed by atoms with E-state index in [1.807, 2.05) is 72.6 Å². The average molecular weight is 371 g/mol. The fraction of sp³-hybridized carbons (Fsp3) is 0.136. The van der Waals surface area contributed by atoms with E-state index in [1.54, 1.807) is 6.20 Å². The molecule has 0 amide bonds. The molecule has 0 aliphatic carbocycles. The second kappa shape index (κ2) is 7.52. The molecule has 0 bridgehead atoms. The number of carbonyl (C=O) groups excluding carboxylic acids is 1. The van der Waals surface area contributed by atoms with Crippen LogP contribution in [0, 0.1) is 6.92 Å². The first-order valence-corrected chi connectivity index (χ1v) is 9.07. The molecule has 0 fully saturated rings. The first-order valence-electron chi connectivity index (χ1n) is 9.07. The minimum Gasteiger partial charge on any atom is -0.383 e. The molecule has 3 N–H and O–H groups in total. The molecule has 1 aliphatic heterocycles. The maximum Gasteiger partial charge on any atom is 0.147 e. The minimum absolute atomic E-state index is 0.339. The number of fused-ring (bicyclic) bond motifs is 1. The summed E-state index contributed by atoms with van der Waals surface area (Å²) in [4.78, 5) is 22.7. The van der Waals surface area contributed by atoms with Gasteiger partial charge in [0.15, 0.2) is 0 Å². The van der Waals surface area contributed by atoms with Gasteiger partial charge >= 0.3 is 0 Å². The molecule has 28 heavy (non-hydrogen) atoms. The molecule has 3 heterocycles. The van der Waals surface area contributed by atoms with Crippen LogP contribution in [0.2, 0.25) is 0 Å². The van der Waals surface area contributed by atoms with E-state index in [4.69, 9.17) is 5.73 Å². The van der Waals surface area contributed by atoms with Crippen LogP contribution in [0.1, 0.15) is 28.3 Å². The minimum atomic E-state index is -0.473. The van der Waals surface area contributed by atoms with E-state index < -0.39 is 6.04 Å². The van der Waals surface area contributed by atoms with E-state index in [2.05, 4.69) is 15.3 Å². The van der Waals surface area contributed by atoms with Gasteiger partial charge in [0, 0.05) is 24.5 Å². The summed E-state index contributed by atoms with van der Waals surface area (Å²) in [5.41, 5.74) is 10.1. The van der Waals surface area contributed by atoms with Crippen LogP contribution in [0.5, 0.6) is 0 Å². The van der Waals surface area contributed by atoms with E-state index >= 15 is 0 Å². The summed E-state index contributed by atoms with van der Waals surface area (Å²) in [6, 6.07) is 15.3. The molecular formula is C22H21N5O. The second-order valence-corrected chi connectivity index (χ2v) is 6.80. The van der Waals surface area contributed by atoms with Crippen molar-refractivity contribution in [2.24, 2.45) is 0 Å². The molecule has 6 heteroatoms. The van der Waals surface area contributed by atoms with Gasteiger partial charge in [-0.1, -0.05) is 36.4 Å². The number of benzene rings is 1. The van der Waals surface area contributed by atoms with Gasteiger partial charge in [0.1, 0.15) is 29.8 Å². The highest BCUT2D eigenvalue weighted by atomic mass is 16.1. The van der Waals surface area contributed by atoms with Crippen LogP contribution in [0.4, 0.5) is 17.5 Å². The Labute approximate surface area is 163 Å². The topological polar surface area (TPSA) is 84.1 Å². The van der Waals surface area contributed by atoms with E-state index in [-0.39, 0.29) is 0 Å². The Balaban J connectivity index is 1.62. The van der Waals surface area contributed by atoms with Gasteiger partial charge in [-0.25, -0.2) is 9.97 Å². The largest absolute Gasteiger partial charge is 0.383 e. The molecule has 3 aromatic rings. The predicted octanol–water partition coefficient (Wildman–Crippen LogP) is 3.84. The Bertz CT molecular complexity index is 1020. The third kappa shape index (κ3) is 3.57. The Morgan fingerprint density at radius 1 is 1.18 bits per heavy atom. The molecule has 4 rings (SSSR count). The van der Waals surface area contributed by atoms with Crippen LogP contribution in [-0.2, 0) is 11.3 Å². The van der Waals surface area contributed by atoms with Crippen LogP contribution in [0.15, 0.2) is 60.9 Å². The van der Waals surface area contributed by atoms with Crippen LogP contribution in [-0.4, -0.2) is 21.2 Å². The summed E-state index contributed by atoms with van der Waals surface area (Å²) in [6.07, 6.45) is 6.59. The van der Waals surface area contributed by atoms with Crippen LogP contribution in [0.3, 0.4) is 0 Å². The van der Waals surface area contributed by atoms with Gasteiger partial charge in [-0.2, -0.15) is 0 Å². The number of nitrogen functional groups attached to an aromatic ring is 1. The highest BCUT2D eigenvalue weighted by Crippen LogP contribution is 2.35. The number of nitrogens with two attached hydrogens (primary N) is 1. The number of nitrogens with zero attached hydrogens (tertiary/aromatic N) is 3. The summed E-state index contributed by atoms with van der Waals surface area (Å²) in [6.45, 7) is 2.60. The second-order valence-electron chi connectivity index (χ2n) is 6.80. The van der Waals surface area contributed by atoms with Gasteiger partial charge in [-0.05, 0) is 41.8 Å². The summed E-state index contributed by atoms with van der Waals surface area (Å²) in [5.74, 6) is 1.62. The Morgan fingerprint density at radius 3 is 2.71 bits per heavy atom. The average Bonchev–Trinajstić information content (AvgIpc) is 2.71. The SMILES string of the molecule is Cc1ccc(Nc2cc3c(c(N)n2)C(C=O)N(Cc2ccccc2)C=C3)nc1. The maximum absolute atomic E-state index is 11.9. The molecule has 140 valence electrons. The van der Waals surface area contributed by atoms with Crippen LogP contribution in [0.25, 0.3) is 6.08 Å². The van der Waals surface area contributed by atoms with E-state index in [0.717, 1.165) is 28.5 Å². The van der Waals surface area contributed by atoms with Crippen molar-refractivity contribution >= 4 is 29.8 Å². The fourth-order valence-electron chi connectivity index (χ4n) is 3.32. The Morgan fingerprint density at radius 2 is 2.00 bits per heavy atom. The molecule has 1 aromatic carbocycles. The summed E-state index contributed by atoms with van der Waals surface area (Å²) in [7, 11) is 0. The van der Waals surface area contributed by atoms with Crippen molar-refractivity contribution in [3.05, 3.63) is 83.2 Å². The zero-order chi connectivity index (χ0) is 19.5. The lowest BCUT2D eigenvalue weighted by Gasteiger charge is -2.32. The molecule has 2 aromatic heterocycles. The van der Waals surface area contributed by atoms with Crippen molar-refractivity contribution in [2.75, 3.05) is 11.1 Å². The standard InChI is InChI=1S/C22H21N5O/c1-15-7-8-19(24-12-15)25-20-11-17-9-10-27(13-16-5-3-2-4-6-16)18(14-28)21(17)22(23)26-20/h2-12,14,18H,13H2,1H3,(H3,23,24,25,26). The monoisotopic (exact) mass is 371 g/mol. The number of anilines is 3. The number of aldehydes is 1. The lowest BCUT2D eigenvalue weighted by molar-refractivity contribution is -0.112. The number of hydrogen-bond donors (Lipinski definition) is 2. The number of hydrogen-bond acceptors (Lipinski definition) is 6. The molecule has 0 saturated heterocycles. The molecule has 1 unspecified atom stereocenters. The maximum atomic E-state index is 11.9. The molecule has 6 nitrogen and oxygen atoms in total. The van der Waals surface area contributed by atoms with Gasteiger partial charge in [0.05, 0.1) is 0 Å². The fourth-order valence-corrected chi connectivity index (χ4v) is 3.32. The normalized spacial score (nSPS) is 15.2. The molecular weight excluding hydrogens is 350 g/mol. The number of aromatic nitrogens is 2. The molecule has 0 radical (unpaired) electrons. The van der Waals surface area contributed by atoms with Crippen molar-refractivity contribution in [1.82, 2.24) is 14.9 Å². The summed E-state index contributed by atoms with van der Waals surface area (Å²) >= 11 is 0. The van der Waals surface area contributed by atoms with E-state index in [0.29, 0.717) is 24.0 Å². The number of rotatable bonds is 5. The van der Waals surface area contributed by atoms with Gasteiger partial charge in [-0.3, -0.25) is 0 Å². The van der Waals surface area contributed by atoms with E-state index in [9.17, 15) is 4.79 Å². The highest BCUT2D eigenvalue weighted by Gasteiger charge is 2.26. The quantitative estimate of drug-likeness (QED) is 0.663. The van der Waals surface area contributed by atoms with Crippen LogP contribution >= 0.6 is 0 Å². The predicted molar refractivity (Wildman–Crippen MR) is 111 cm³/mol. The number of carbonyl (C=O) groups is 1. The summed E-state index contributed by atoms with van der Waals surface area (Å²) in [5, 5.41) is 3.17. The molecule has 1 atom stereocenters. The zero-order valence-corrected chi connectivity index (χ0v) is 15.5. The van der Waals surface area contributed by atoms with Gasteiger partial charge in [0.2, 0.25) is 0 Å². The van der Waals surface area contributed by atoms with E-state index in [1.165, 1.54) is 0 Å². The van der Waals surface area contributed by atoms with Crippen LogP contribution < -0.4 is 11.1 Å². The molecule has 0 saturated carbocycles. The van der Waals surface area contributed by atoms with Crippen molar-refractivity contribution in [1.29, 1.82) is 0 Å². The smallest absolute Gasteiger partial charge is 0.147 e. The van der Waals surface area contributed by atoms with Crippen molar-refractivity contribution in [2.45, 2.75) is 19.5 Å². The summed E-state index contributed by atoms with van der Waals surface area (Å²) < 4.78 is 0. The number of aryl methyl sites for hydroxylation is 1. The Kier molecular flexibility index (Phi) is 4.76. The van der Waals surface area contributed by atoms with Crippen molar-refractivity contribution in [3.63, 3.8) is 0 Å². The van der Waals surface area contributed by atoms with Gasteiger partial charge in [0.25, 0.3) is 0 Å². The van der Waals surface area contributed by atoms with Gasteiger partial charge < -0.3 is 20.7 Å². The lowest BCUT2D eigenvalue weighted by atomic mass is 9.97. The van der Waals surface area contributed by atoms with Gasteiger partial charge in [-0.15, -0.1) is 0 Å². The first kappa shape index (κ1) is 17.7. The number of nitrogens with one attached hydrogen (secondary N) is 1. The van der Waals surface area contributed by atoms with Crippen molar-refractivity contribution < 1.29 is 4.79 Å². The third-order valence-electron chi connectivity index (χ3n) is 4.72. The zero-order valence-electron chi connectivity index (χ0n) is 15.5. The van der Waals surface area contributed by atoms with Crippen molar-refractivity contribution in [3.8, 4) is 0 Å². The highest BCUT2D eigenvalue weighted by molar-refractivity contribution is 5.76. The Hall–Kier alpha value is -3.67. The lowest BCUT2D eigenvalue weighted by Crippen LogP contribution is -2.28. The third-order valence-corrected chi connectivity index (χ3v) is 4.72. The number of pyridine rings is 2. The molecule has 0 spiro atoms. The molecule has 1 aliphatic rings. The first-order chi connectivity index (χ1) is 13.6.